The van der Waals surface area contributed by atoms with Crippen LogP contribution in [0, 0.1) is 5.41 Å². The van der Waals surface area contributed by atoms with Crippen molar-refractivity contribution in [2.45, 2.75) is 26.9 Å². The molecule has 3 heteroatoms. The average Bonchev–Trinajstić information content (AvgIpc) is 2.15. The van der Waals surface area contributed by atoms with Crippen molar-refractivity contribution < 1.29 is 9.84 Å². The Morgan fingerprint density at radius 2 is 2.07 bits per heavy atom. The lowest BCUT2D eigenvalue weighted by atomic mass is 9.85. The van der Waals surface area contributed by atoms with Gasteiger partial charge in [0.1, 0.15) is 5.75 Å². The Labute approximate surface area is 84.7 Å². The number of ether oxygens (including phenoxy) is 1. The zero-order valence-corrected chi connectivity index (χ0v) is 9.11. The number of nitrogens with zero attached hydrogens (tertiary/aromatic N) is 1. The predicted octanol–water partition coefficient (Wildman–Crippen LogP) is 2.17. The van der Waals surface area contributed by atoms with Gasteiger partial charge in [0.05, 0.1) is 13.2 Å². The van der Waals surface area contributed by atoms with Crippen molar-refractivity contribution in [2.24, 2.45) is 5.41 Å². The summed E-state index contributed by atoms with van der Waals surface area (Å²) in [5.41, 5.74) is 0.526. The van der Waals surface area contributed by atoms with E-state index in [0.29, 0.717) is 5.75 Å². The minimum absolute atomic E-state index is 0.212. The van der Waals surface area contributed by atoms with E-state index in [1.807, 2.05) is 20.8 Å². The van der Waals surface area contributed by atoms with Crippen LogP contribution in [0.25, 0.3) is 0 Å². The Balaban J connectivity index is 3.06. The van der Waals surface area contributed by atoms with E-state index < -0.39 is 6.10 Å². The van der Waals surface area contributed by atoms with Crippen molar-refractivity contribution in [2.75, 3.05) is 7.11 Å². The maximum Gasteiger partial charge on any atom is 0.127 e. The lowest BCUT2D eigenvalue weighted by molar-refractivity contribution is 0.0601. The third-order valence-electron chi connectivity index (χ3n) is 2.14. The fraction of sp³-hybridized carbons (Fsp3) is 0.545. The standard InChI is InChI=1S/C11H17NO2/c1-11(2,3)10(13)8-7-12-6-5-9(8)14-4/h5-7,10,13H,1-4H3. The van der Waals surface area contributed by atoms with Gasteiger partial charge in [-0.1, -0.05) is 20.8 Å². The Kier molecular flexibility index (Phi) is 3.11. The van der Waals surface area contributed by atoms with E-state index in [9.17, 15) is 5.11 Å². The van der Waals surface area contributed by atoms with Crippen molar-refractivity contribution in [3.05, 3.63) is 24.0 Å². The minimum atomic E-state index is -0.564. The summed E-state index contributed by atoms with van der Waals surface area (Å²) in [7, 11) is 1.59. The van der Waals surface area contributed by atoms with Crippen molar-refractivity contribution in [3.63, 3.8) is 0 Å². The molecule has 0 aliphatic carbocycles. The molecule has 1 N–H and O–H groups in total. The molecule has 3 nitrogen and oxygen atoms in total. The molecule has 0 amide bonds. The molecular formula is C11H17NO2. The first-order valence-electron chi connectivity index (χ1n) is 4.63. The Morgan fingerprint density at radius 3 is 2.57 bits per heavy atom. The van der Waals surface area contributed by atoms with Crippen LogP contribution in [0.5, 0.6) is 5.75 Å². The van der Waals surface area contributed by atoms with Crippen LogP contribution in [0.15, 0.2) is 18.5 Å². The topological polar surface area (TPSA) is 42.4 Å². The lowest BCUT2D eigenvalue weighted by Crippen LogP contribution is -2.18. The maximum absolute atomic E-state index is 10.0. The van der Waals surface area contributed by atoms with Crippen LogP contribution >= 0.6 is 0 Å². The Morgan fingerprint density at radius 1 is 1.43 bits per heavy atom. The second-order valence-electron chi connectivity index (χ2n) is 4.39. The summed E-state index contributed by atoms with van der Waals surface area (Å²) >= 11 is 0. The van der Waals surface area contributed by atoms with E-state index in [0.717, 1.165) is 5.56 Å². The van der Waals surface area contributed by atoms with Crippen LogP contribution in [-0.2, 0) is 0 Å². The number of aliphatic hydroxyl groups excluding tert-OH is 1. The van der Waals surface area contributed by atoms with Crippen molar-refractivity contribution in [3.8, 4) is 5.75 Å². The number of hydrogen-bond donors (Lipinski definition) is 1. The molecule has 0 aromatic carbocycles. The molecule has 0 aliphatic rings. The van der Waals surface area contributed by atoms with Gasteiger partial charge >= 0.3 is 0 Å². The fourth-order valence-corrected chi connectivity index (χ4v) is 1.25. The number of hydrogen-bond acceptors (Lipinski definition) is 3. The van der Waals surface area contributed by atoms with Gasteiger partial charge in [-0.05, 0) is 11.5 Å². The van der Waals surface area contributed by atoms with Gasteiger partial charge < -0.3 is 9.84 Å². The number of methoxy groups -OCH3 is 1. The number of pyridine rings is 1. The van der Waals surface area contributed by atoms with E-state index in [2.05, 4.69) is 4.98 Å². The summed E-state index contributed by atoms with van der Waals surface area (Å²) in [6, 6.07) is 1.75. The third kappa shape index (κ3) is 2.23. The molecule has 0 fully saturated rings. The predicted molar refractivity (Wildman–Crippen MR) is 55.2 cm³/mol. The summed E-state index contributed by atoms with van der Waals surface area (Å²) in [4.78, 5) is 3.99. The molecule has 1 unspecified atom stereocenters. The van der Waals surface area contributed by atoms with E-state index in [1.165, 1.54) is 0 Å². The normalized spacial score (nSPS) is 13.8. The molecule has 1 atom stereocenters. The van der Waals surface area contributed by atoms with Crippen molar-refractivity contribution >= 4 is 0 Å². The molecule has 1 rings (SSSR count). The van der Waals surface area contributed by atoms with Gasteiger partial charge in [-0.25, -0.2) is 0 Å². The molecule has 1 aromatic rings. The van der Waals surface area contributed by atoms with Gasteiger partial charge in [-0.3, -0.25) is 4.98 Å². The largest absolute Gasteiger partial charge is 0.496 e. The highest BCUT2D eigenvalue weighted by Gasteiger charge is 2.26. The number of rotatable bonds is 2. The van der Waals surface area contributed by atoms with Crippen LogP contribution < -0.4 is 4.74 Å². The molecule has 0 spiro atoms. The van der Waals surface area contributed by atoms with Crippen LogP contribution in [0.3, 0.4) is 0 Å². The molecular weight excluding hydrogens is 178 g/mol. The monoisotopic (exact) mass is 195 g/mol. The number of aromatic nitrogens is 1. The Bertz CT molecular complexity index is 304. The first kappa shape index (κ1) is 11.0. The molecule has 0 radical (unpaired) electrons. The zero-order valence-electron chi connectivity index (χ0n) is 9.11. The SMILES string of the molecule is COc1ccncc1C(O)C(C)(C)C. The number of aliphatic hydroxyl groups is 1. The molecule has 0 aliphatic heterocycles. The fourth-order valence-electron chi connectivity index (χ4n) is 1.25. The lowest BCUT2D eigenvalue weighted by Gasteiger charge is -2.26. The van der Waals surface area contributed by atoms with Crippen LogP contribution in [-0.4, -0.2) is 17.2 Å². The molecule has 1 aromatic heterocycles. The molecule has 14 heavy (non-hydrogen) atoms. The van der Waals surface area contributed by atoms with E-state index in [4.69, 9.17) is 4.74 Å². The second-order valence-corrected chi connectivity index (χ2v) is 4.39. The highest BCUT2D eigenvalue weighted by Crippen LogP contribution is 2.36. The molecule has 0 saturated carbocycles. The zero-order chi connectivity index (χ0) is 10.8. The summed E-state index contributed by atoms with van der Waals surface area (Å²) in [6.45, 7) is 5.93. The smallest absolute Gasteiger partial charge is 0.127 e. The van der Waals surface area contributed by atoms with E-state index in [-0.39, 0.29) is 5.41 Å². The summed E-state index contributed by atoms with van der Waals surface area (Å²) < 4.78 is 5.16. The van der Waals surface area contributed by atoms with Gasteiger partial charge in [0.2, 0.25) is 0 Å². The first-order valence-corrected chi connectivity index (χ1v) is 4.63. The maximum atomic E-state index is 10.0. The third-order valence-corrected chi connectivity index (χ3v) is 2.14. The van der Waals surface area contributed by atoms with E-state index in [1.54, 1.807) is 25.6 Å². The highest BCUT2D eigenvalue weighted by molar-refractivity contribution is 5.32. The molecule has 0 saturated heterocycles. The summed E-state index contributed by atoms with van der Waals surface area (Å²) in [5, 5.41) is 10.0. The second kappa shape index (κ2) is 3.96. The first-order chi connectivity index (χ1) is 6.46. The minimum Gasteiger partial charge on any atom is -0.496 e. The van der Waals surface area contributed by atoms with Crippen LogP contribution in [0.2, 0.25) is 0 Å². The van der Waals surface area contributed by atoms with Crippen molar-refractivity contribution in [1.82, 2.24) is 4.98 Å². The van der Waals surface area contributed by atoms with Gasteiger partial charge in [0, 0.05) is 18.0 Å². The summed E-state index contributed by atoms with van der Waals surface area (Å²) in [5.74, 6) is 0.683. The quantitative estimate of drug-likeness (QED) is 0.786. The van der Waals surface area contributed by atoms with Gasteiger partial charge in [-0.2, -0.15) is 0 Å². The molecule has 0 bridgehead atoms. The van der Waals surface area contributed by atoms with E-state index >= 15 is 0 Å². The average molecular weight is 195 g/mol. The Hall–Kier alpha value is -1.09. The molecule has 1 heterocycles. The summed E-state index contributed by atoms with van der Waals surface area (Å²) in [6.07, 6.45) is 2.73. The van der Waals surface area contributed by atoms with Gasteiger partial charge in [0.25, 0.3) is 0 Å². The highest BCUT2D eigenvalue weighted by atomic mass is 16.5. The van der Waals surface area contributed by atoms with Crippen LogP contribution in [0.1, 0.15) is 32.4 Å². The molecule has 78 valence electrons. The van der Waals surface area contributed by atoms with Crippen molar-refractivity contribution in [1.29, 1.82) is 0 Å². The van der Waals surface area contributed by atoms with Gasteiger partial charge in [-0.15, -0.1) is 0 Å². The van der Waals surface area contributed by atoms with Crippen LogP contribution in [0.4, 0.5) is 0 Å². The van der Waals surface area contributed by atoms with Gasteiger partial charge in [0.15, 0.2) is 0 Å².